The van der Waals surface area contributed by atoms with E-state index in [4.69, 9.17) is 9.47 Å². The summed E-state index contributed by atoms with van der Waals surface area (Å²) in [5.74, 6) is -0.744. The molecule has 0 rings (SSSR count). The fourth-order valence-electron chi connectivity index (χ4n) is 2.32. The summed E-state index contributed by atoms with van der Waals surface area (Å²) < 4.78 is 10.1. The van der Waals surface area contributed by atoms with Crippen molar-refractivity contribution in [2.24, 2.45) is 0 Å². The molecule has 23 heavy (non-hydrogen) atoms. The van der Waals surface area contributed by atoms with Gasteiger partial charge in [0.2, 0.25) is 0 Å². The highest BCUT2D eigenvalue weighted by Crippen LogP contribution is 2.11. The predicted molar refractivity (Wildman–Crippen MR) is 93.3 cm³/mol. The molecule has 4 heteroatoms. The lowest BCUT2D eigenvalue weighted by atomic mass is 10.1. The Kier molecular flexibility index (Phi) is 15.1. The van der Waals surface area contributed by atoms with Crippen LogP contribution in [0.4, 0.5) is 0 Å². The van der Waals surface area contributed by atoms with Gasteiger partial charge in [-0.1, -0.05) is 71.6 Å². The maximum absolute atomic E-state index is 11.7. The van der Waals surface area contributed by atoms with Gasteiger partial charge in [0.15, 0.2) is 6.10 Å². The zero-order valence-corrected chi connectivity index (χ0v) is 15.4. The maximum atomic E-state index is 11.7. The van der Waals surface area contributed by atoms with Gasteiger partial charge in [-0.05, 0) is 19.8 Å². The molecule has 0 heterocycles. The van der Waals surface area contributed by atoms with Gasteiger partial charge in [-0.3, -0.25) is 4.79 Å². The van der Waals surface area contributed by atoms with Crippen molar-refractivity contribution in [1.29, 1.82) is 0 Å². The van der Waals surface area contributed by atoms with E-state index in [1.54, 1.807) is 6.92 Å². The molecule has 0 spiro atoms. The Balaban J connectivity index is 3.50. The Hall–Kier alpha value is -1.06. The van der Waals surface area contributed by atoms with Gasteiger partial charge in [-0.25, -0.2) is 4.79 Å². The molecule has 0 radical (unpaired) electrons. The van der Waals surface area contributed by atoms with Crippen LogP contribution < -0.4 is 0 Å². The third kappa shape index (κ3) is 14.3. The second kappa shape index (κ2) is 15.8. The Labute approximate surface area is 142 Å². The molecule has 0 aliphatic heterocycles. The minimum Gasteiger partial charge on any atom is -0.463 e. The van der Waals surface area contributed by atoms with Crippen LogP contribution in [0.25, 0.3) is 0 Å². The normalized spacial score (nSPS) is 12.0. The SMILES string of the molecule is CCCCCCCCCCCC(=O)O[C@H](C)C(=O)OCCCC. The molecule has 0 amide bonds. The van der Waals surface area contributed by atoms with Crippen molar-refractivity contribution in [3.05, 3.63) is 0 Å². The lowest BCUT2D eigenvalue weighted by molar-refractivity contribution is -0.166. The van der Waals surface area contributed by atoms with Gasteiger partial charge in [-0.2, -0.15) is 0 Å². The Morgan fingerprint density at radius 1 is 0.783 bits per heavy atom. The van der Waals surface area contributed by atoms with E-state index in [1.807, 2.05) is 6.92 Å². The molecule has 0 aromatic heterocycles. The largest absolute Gasteiger partial charge is 0.463 e. The average Bonchev–Trinajstić information content (AvgIpc) is 2.53. The van der Waals surface area contributed by atoms with Crippen molar-refractivity contribution in [1.82, 2.24) is 0 Å². The van der Waals surface area contributed by atoms with E-state index in [2.05, 4.69) is 6.92 Å². The number of hydrogen-bond acceptors (Lipinski definition) is 4. The van der Waals surface area contributed by atoms with E-state index in [9.17, 15) is 9.59 Å². The van der Waals surface area contributed by atoms with Crippen LogP contribution in [0.2, 0.25) is 0 Å². The van der Waals surface area contributed by atoms with E-state index in [0.717, 1.165) is 25.7 Å². The summed E-state index contributed by atoms with van der Waals surface area (Å²) in [6, 6.07) is 0. The molecule has 0 aromatic carbocycles. The molecule has 4 nitrogen and oxygen atoms in total. The Morgan fingerprint density at radius 2 is 1.30 bits per heavy atom. The molecule has 0 saturated heterocycles. The second-order valence-corrected chi connectivity index (χ2v) is 6.23. The first-order valence-corrected chi connectivity index (χ1v) is 9.47. The molecule has 1 atom stereocenters. The van der Waals surface area contributed by atoms with Gasteiger partial charge < -0.3 is 9.47 Å². The van der Waals surface area contributed by atoms with Gasteiger partial charge in [-0.15, -0.1) is 0 Å². The number of carbonyl (C=O) groups is 2. The van der Waals surface area contributed by atoms with E-state index < -0.39 is 12.1 Å². The van der Waals surface area contributed by atoms with Crippen molar-refractivity contribution in [3.63, 3.8) is 0 Å². The standard InChI is InChI=1S/C19H36O4/c1-4-6-8-9-10-11-12-13-14-15-18(20)23-17(3)19(21)22-16-7-5-2/h17H,4-16H2,1-3H3/t17-/m1/s1. The topological polar surface area (TPSA) is 52.6 Å². The smallest absolute Gasteiger partial charge is 0.347 e. The quantitative estimate of drug-likeness (QED) is 0.307. The van der Waals surface area contributed by atoms with E-state index in [0.29, 0.717) is 13.0 Å². The maximum Gasteiger partial charge on any atom is 0.347 e. The molecule has 0 unspecified atom stereocenters. The first-order chi connectivity index (χ1) is 11.1. The minimum absolute atomic E-state index is 0.298. The lowest BCUT2D eigenvalue weighted by Crippen LogP contribution is -2.26. The summed E-state index contributed by atoms with van der Waals surface area (Å²) in [5, 5.41) is 0. The zero-order chi connectivity index (χ0) is 17.3. The molecule has 0 N–H and O–H groups in total. The summed E-state index contributed by atoms with van der Waals surface area (Å²) in [5.41, 5.74) is 0. The molecule has 0 saturated carbocycles. The lowest BCUT2D eigenvalue weighted by Gasteiger charge is -2.12. The molecular formula is C19H36O4. The Morgan fingerprint density at radius 3 is 1.87 bits per heavy atom. The summed E-state index contributed by atoms with van der Waals surface area (Å²) in [7, 11) is 0. The summed E-state index contributed by atoms with van der Waals surface area (Å²) >= 11 is 0. The number of unbranched alkanes of at least 4 members (excludes halogenated alkanes) is 9. The summed E-state index contributed by atoms with van der Waals surface area (Å²) in [6.45, 7) is 6.23. The van der Waals surface area contributed by atoms with Crippen molar-refractivity contribution in [2.45, 2.75) is 104 Å². The van der Waals surface area contributed by atoms with Crippen LogP contribution in [0.3, 0.4) is 0 Å². The van der Waals surface area contributed by atoms with Gasteiger partial charge in [0.05, 0.1) is 6.61 Å². The number of hydrogen-bond donors (Lipinski definition) is 0. The fraction of sp³-hybridized carbons (Fsp3) is 0.895. The van der Waals surface area contributed by atoms with Gasteiger partial charge in [0, 0.05) is 6.42 Å². The first-order valence-electron chi connectivity index (χ1n) is 9.47. The van der Waals surface area contributed by atoms with Crippen LogP contribution in [-0.4, -0.2) is 24.6 Å². The molecule has 0 aliphatic rings. The molecule has 0 aromatic rings. The molecule has 0 bridgehead atoms. The van der Waals surface area contributed by atoms with E-state index in [1.165, 1.54) is 44.9 Å². The number of esters is 2. The molecular weight excluding hydrogens is 292 g/mol. The van der Waals surface area contributed by atoms with Gasteiger partial charge in [0.1, 0.15) is 0 Å². The molecule has 0 aliphatic carbocycles. The van der Waals surface area contributed by atoms with Crippen molar-refractivity contribution in [2.75, 3.05) is 6.61 Å². The van der Waals surface area contributed by atoms with Crippen LogP contribution in [-0.2, 0) is 19.1 Å². The van der Waals surface area contributed by atoms with E-state index in [-0.39, 0.29) is 5.97 Å². The third-order valence-electron chi connectivity index (χ3n) is 3.87. The fourth-order valence-corrected chi connectivity index (χ4v) is 2.32. The van der Waals surface area contributed by atoms with E-state index >= 15 is 0 Å². The van der Waals surface area contributed by atoms with Crippen molar-refractivity contribution in [3.8, 4) is 0 Å². The second-order valence-electron chi connectivity index (χ2n) is 6.23. The molecule has 136 valence electrons. The van der Waals surface area contributed by atoms with Crippen LogP contribution in [0.5, 0.6) is 0 Å². The summed E-state index contributed by atoms with van der Waals surface area (Å²) in [4.78, 5) is 23.2. The van der Waals surface area contributed by atoms with Crippen molar-refractivity contribution >= 4 is 11.9 Å². The third-order valence-corrected chi connectivity index (χ3v) is 3.87. The highest BCUT2D eigenvalue weighted by molar-refractivity contribution is 5.78. The minimum atomic E-state index is -0.794. The van der Waals surface area contributed by atoms with Gasteiger partial charge in [0.25, 0.3) is 0 Å². The van der Waals surface area contributed by atoms with Crippen LogP contribution in [0.1, 0.15) is 97.8 Å². The average molecular weight is 328 g/mol. The summed E-state index contributed by atoms with van der Waals surface area (Å²) in [6.07, 6.45) is 12.3. The predicted octanol–water partition coefficient (Wildman–Crippen LogP) is 5.18. The number of ether oxygens (including phenoxy) is 2. The number of rotatable bonds is 15. The zero-order valence-electron chi connectivity index (χ0n) is 15.4. The van der Waals surface area contributed by atoms with Crippen LogP contribution in [0.15, 0.2) is 0 Å². The highest BCUT2D eigenvalue weighted by atomic mass is 16.6. The number of carbonyl (C=O) groups excluding carboxylic acids is 2. The van der Waals surface area contributed by atoms with Gasteiger partial charge >= 0.3 is 11.9 Å². The highest BCUT2D eigenvalue weighted by Gasteiger charge is 2.18. The molecule has 0 fully saturated rings. The monoisotopic (exact) mass is 328 g/mol. The van der Waals surface area contributed by atoms with Crippen LogP contribution in [0, 0.1) is 0 Å². The van der Waals surface area contributed by atoms with Crippen molar-refractivity contribution < 1.29 is 19.1 Å². The van der Waals surface area contributed by atoms with Crippen LogP contribution >= 0.6 is 0 Å². The first kappa shape index (κ1) is 21.9. The Bertz CT molecular complexity index is 302.